The quantitative estimate of drug-likeness (QED) is 0.200. The summed E-state index contributed by atoms with van der Waals surface area (Å²) in [6.07, 6.45) is 0.670. The van der Waals surface area contributed by atoms with Gasteiger partial charge in [0.15, 0.2) is 0 Å². The van der Waals surface area contributed by atoms with Gasteiger partial charge in [-0.2, -0.15) is 0 Å². The van der Waals surface area contributed by atoms with Crippen molar-refractivity contribution in [1.82, 2.24) is 9.80 Å². The summed E-state index contributed by atoms with van der Waals surface area (Å²) in [6, 6.07) is 13.9. The van der Waals surface area contributed by atoms with E-state index < -0.39 is 19.9 Å². The molecule has 10 heteroatoms. The predicted octanol–water partition coefficient (Wildman–Crippen LogP) is 7.43. The highest BCUT2D eigenvalue weighted by Crippen LogP contribution is 2.45. The number of rotatable bonds is 8. The van der Waals surface area contributed by atoms with Gasteiger partial charge in [-0.05, 0) is 80.2 Å². The van der Waals surface area contributed by atoms with Crippen molar-refractivity contribution in [2.75, 3.05) is 25.9 Å². The van der Waals surface area contributed by atoms with E-state index >= 15 is 0 Å². The molecule has 0 fully saturated rings. The molecule has 242 valence electrons. The fourth-order valence-corrected chi connectivity index (χ4v) is 8.02. The number of benzene rings is 2. The normalized spacial score (nSPS) is 17.2. The third kappa shape index (κ3) is 6.78. The molecule has 3 aromatic rings. The molecule has 2 aliphatic rings. The average molecular weight is 650 g/mol. The highest BCUT2D eigenvalue weighted by atomic mass is 32.1. The summed E-state index contributed by atoms with van der Waals surface area (Å²) in [5.74, 6) is 1.07. The Morgan fingerprint density at radius 3 is 2.38 bits per heavy atom. The Hall–Kier alpha value is -3.34. The molecule has 0 saturated heterocycles. The number of hydrogen-bond donors (Lipinski definition) is 1. The van der Waals surface area contributed by atoms with Crippen molar-refractivity contribution in [2.45, 2.75) is 90.8 Å². The van der Waals surface area contributed by atoms with Crippen LogP contribution in [0.4, 0.5) is 5.00 Å². The number of hydrogen-bond acceptors (Lipinski definition) is 8. The molecule has 1 atom stereocenters. The van der Waals surface area contributed by atoms with Gasteiger partial charge in [-0.25, -0.2) is 4.79 Å². The van der Waals surface area contributed by atoms with Crippen LogP contribution in [0.2, 0.25) is 18.1 Å². The largest absolute Gasteiger partial charge is 0.543 e. The number of thiophene rings is 1. The van der Waals surface area contributed by atoms with Gasteiger partial charge in [0, 0.05) is 31.1 Å². The Balaban J connectivity index is 1.48. The average Bonchev–Trinajstić information content (AvgIpc) is 3.45. The predicted molar refractivity (Wildman–Crippen MR) is 183 cm³/mol. The number of nitrogens with zero attached hydrogens (tertiary/aromatic N) is 2. The molecular formula is C35H47N3O5SSi. The van der Waals surface area contributed by atoms with Crippen LogP contribution in [0.25, 0.3) is 0 Å². The van der Waals surface area contributed by atoms with E-state index in [1.165, 1.54) is 11.3 Å². The van der Waals surface area contributed by atoms with Crippen LogP contribution in [-0.2, 0) is 24.2 Å². The van der Waals surface area contributed by atoms with Crippen molar-refractivity contribution in [2.24, 2.45) is 0 Å². The van der Waals surface area contributed by atoms with Crippen LogP contribution in [-0.4, -0.2) is 55.8 Å². The molecule has 1 amide bonds. The lowest BCUT2D eigenvalue weighted by molar-refractivity contribution is 0.00686. The maximum absolute atomic E-state index is 14.1. The summed E-state index contributed by atoms with van der Waals surface area (Å²) in [5, 5.41) is 0.467. The van der Waals surface area contributed by atoms with Gasteiger partial charge in [0.25, 0.3) is 14.2 Å². The summed E-state index contributed by atoms with van der Waals surface area (Å²) in [4.78, 5) is 32.8. The highest BCUT2D eigenvalue weighted by Gasteiger charge is 2.42. The van der Waals surface area contributed by atoms with E-state index in [0.717, 1.165) is 27.3 Å². The van der Waals surface area contributed by atoms with Crippen LogP contribution >= 0.6 is 11.3 Å². The molecule has 2 aromatic carbocycles. The number of amides is 1. The number of nitrogens with two attached hydrogens (primary N) is 1. The molecule has 0 saturated carbocycles. The first-order valence-corrected chi connectivity index (χ1v) is 19.3. The van der Waals surface area contributed by atoms with E-state index in [9.17, 15) is 9.59 Å². The molecule has 2 aliphatic heterocycles. The molecule has 1 unspecified atom stereocenters. The van der Waals surface area contributed by atoms with Gasteiger partial charge >= 0.3 is 5.97 Å². The second-order valence-corrected chi connectivity index (χ2v) is 20.4. The summed E-state index contributed by atoms with van der Waals surface area (Å²) in [7, 11) is -0.506. The molecule has 3 heterocycles. The number of anilines is 1. The minimum Gasteiger partial charge on any atom is -0.543 e. The molecule has 0 radical (unpaired) electrons. The summed E-state index contributed by atoms with van der Waals surface area (Å²) in [5.41, 5.74) is 10.1. The number of fused-ring (bicyclic) bond motifs is 2. The SMILES string of the molecule is COc1ccc(CN2CCc3c(sc(N)c3C(=O)OC(C)(C)C)C2CN2Cc3cccc(O[Si](C)(C)C(C)(C)C)c3C2=O)cc1. The lowest BCUT2D eigenvalue weighted by Crippen LogP contribution is -2.44. The van der Waals surface area contributed by atoms with Crippen molar-refractivity contribution < 1.29 is 23.5 Å². The van der Waals surface area contributed by atoms with Gasteiger partial charge in [-0.1, -0.05) is 45.0 Å². The van der Waals surface area contributed by atoms with Crippen LogP contribution in [0.1, 0.15) is 89.9 Å². The first kappa shape index (κ1) is 33.0. The molecule has 5 rings (SSSR count). The third-order valence-electron chi connectivity index (χ3n) is 9.15. The van der Waals surface area contributed by atoms with E-state index in [1.54, 1.807) is 7.11 Å². The van der Waals surface area contributed by atoms with Gasteiger partial charge in [0.1, 0.15) is 22.1 Å². The highest BCUT2D eigenvalue weighted by molar-refractivity contribution is 7.16. The van der Waals surface area contributed by atoms with Crippen molar-refractivity contribution in [3.63, 3.8) is 0 Å². The van der Waals surface area contributed by atoms with Gasteiger partial charge in [0.2, 0.25) is 0 Å². The fraction of sp³-hybridized carbons (Fsp3) is 0.486. The van der Waals surface area contributed by atoms with E-state index in [-0.39, 0.29) is 17.0 Å². The number of nitrogen functional groups attached to an aromatic ring is 1. The maximum Gasteiger partial charge on any atom is 0.341 e. The number of methoxy groups -OCH3 is 1. The van der Waals surface area contributed by atoms with Crippen molar-refractivity contribution >= 4 is 36.5 Å². The zero-order valence-corrected chi connectivity index (χ0v) is 29.9. The molecule has 0 bridgehead atoms. The van der Waals surface area contributed by atoms with Crippen LogP contribution in [0.5, 0.6) is 11.5 Å². The Morgan fingerprint density at radius 2 is 1.76 bits per heavy atom. The zero-order valence-electron chi connectivity index (χ0n) is 28.1. The van der Waals surface area contributed by atoms with Crippen LogP contribution in [0, 0.1) is 0 Å². The second kappa shape index (κ2) is 12.1. The Labute approximate surface area is 272 Å². The number of carbonyl (C=O) groups excluding carboxylic acids is 2. The van der Waals surface area contributed by atoms with Crippen LogP contribution < -0.4 is 14.9 Å². The van der Waals surface area contributed by atoms with Gasteiger partial charge in [-0.15, -0.1) is 11.3 Å². The Morgan fingerprint density at radius 1 is 1.07 bits per heavy atom. The van der Waals surface area contributed by atoms with Crippen molar-refractivity contribution in [3.05, 3.63) is 75.2 Å². The van der Waals surface area contributed by atoms with E-state index in [0.29, 0.717) is 54.5 Å². The summed E-state index contributed by atoms with van der Waals surface area (Å²) >= 11 is 1.44. The van der Waals surface area contributed by atoms with E-state index in [1.807, 2.05) is 56.0 Å². The first-order chi connectivity index (χ1) is 21.0. The summed E-state index contributed by atoms with van der Waals surface area (Å²) < 4.78 is 17.8. The lowest BCUT2D eigenvalue weighted by Gasteiger charge is -2.38. The third-order valence-corrected chi connectivity index (χ3v) is 14.7. The van der Waals surface area contributed by atoms with E-state index in [2.05, 4.69) is 50.9 Å². The number of ether oxygens (including phenoxy) is 2. The molecule has 8 nitrogen and oxygen atoms in total. The molecule has 2 N–H and O–H groups in total. The topological polar surface area (TPSA) is 94.3 Å². The molecule has 0 aliphatic carbocycles. The molecular weight excluding hydrogens is 603 g/mol. The van der Waals surface area contributed by atoms with Crippen LogP contribution in [0.3, 0.4) is 0 Å². The van der Waals surface area contributed by atoms with E-state index in [4.69, 9.17) is 19.6 Å². The molecule has 1 aromatic heterocycles. The number of carbonyl (C=O) groups is 2. The Bertz CT molecular complexity index is 1590. The monoisotopic (exact) mass is 649 g/mol. The zero-order chi connectivity index (χ0) is 32.9. The maximum atomic E-state index is 14.1. The smallest absolute Gasteiger partial charge is 0.341 e. The lowest BCUT2D eigenvalue weighted by atomic mass is 9.96. The van der Waals surface area contributed by atoms with Crippen LogP contribution in [0.15, 0.2) is 42.5 Å². The van der Waals surface area contributed by atoms with Crippen molar-refractivity contribution in [3.8, 4) is 11.5 Å². The van der Waals surface area contributed by atoms with Gasteiger partial charge in [-0.3, -0.25) is 9.69 Å². The summed E-state index contributed by atoms with van der Waals surface area (Å²) in [6.45, 7) is 19.0. The molecule has 45 heavy (non-hydrogen) atoms. The standard InChI is InChI=1S/C35H47N3O5SSi/c1-34(2,3)42-33(40)29-25-17-18-37(19-22-13-15-24(41-7)16-14-22)26(30(25)44-31(29)36)21-38-20-23-11-10-12-27(28(23)32(38)39)43-45(8,9)35(4,5)6/h10-16,26H,17-21,36H2,1-9H3. The minimum atomic E-state index is -2.17. The Kier molecular flexibility index (Phi) is 8.89. The first-order valence-electron chi connectivity index (χ1n) is 15.6. The minimum absolute atomic E-state index is 0.00245. The second-order valence-electron chi connectivity index (χ2n) is 14.6. The van der Waals surface area contributed by atoms with Crippen molar-refractivity contribution in [1.29, 1.82) is 0 Å². The fourth-order valence-electron chi connectivity index (χ4n) is 5.76. The van der Waals surface area contributed by atoms with Gasteiger partial charge < -0.3 is 24.5 Å². The van der Waals surface area contributed by atoms with Gasteiger partial charge in [0.05, 0.1) is 24.3 Å². The molecule has 0 spiro atoms. The number of esters is 1.